The summed E-state index contributed by atoms with van der Waals surface area (Å²) in [7, 11) is 0.723. The molecule has 0 heterocycles. The van der Waals surface area contributed by atoms with Gasteiger partial charge in [0.05, 0.1) is 5.79 Å². The molecule has 0 fully saturated rings. The monoisotopic (exact) mass is 358 g/mol. The van der Waals surface area contributed by atoms with Crippen LogP contribution >= 0.6 is 0 Å². The number of rotatable bonds is 20. The smallest absolute Gasteiger partial charge is 0.0797 e. The summed E-state index contributed by atoms with van der Waals surface area (Å²) in [6, 6.07) is 0. The van der Waals surface area contributed by atoms with E-state index in [1.165, 1.54) is 116 Å². The molecular formula is C22H47FSi. The van der Waals surface area contributed by atoms with Gasteiger partial charge in [0.15, 0.2) is 0 Å². The van der Waals surface area contributed by atoms with Crippen LogP contribution in [-0.4, -0.2) is 16.0 Å². The Hall–Kier alpha value is 0.147. The first-order valence-electron chi connectivity index (χ1n) is 11.4. The summed E-state index contributed by atoms with van der Waals surface area (Å²) >= 11 is 0. The second kappa shape index (κ2) is 21.2. The van der Waals surface area contributed by atoms with Crippen molar-refractivity contribution >= 4 is 10.2 Å². The van der Waals surface area contributed by atoms with Gasteiger partial charge in [-0.05, 0) is 6.42 Å². The largest absolute Gasteiger partial charge is 0.253 e. The van der Waals surface area contributed by atoms with E-state index < -0.39 is 5.79 Å². The lowest BCUT2D eigenvalue weighted by Crippen LogP contribution is -1.97. The molecule has 0 radical (unpaired) electrons. The lowest BCUT2D eigenvalue weighted by molar-refractivity contribution is 0.402. The first kappa shape index (κ1) is 24.1. The summed E-state index contributed by atoms with van der Waals surface area (Å²) in [4.78, 5) is 0. The van der Waals surface area contributed by atoms with Crippen LogP contribution in [0.1, 0.15) is 135 Å². The van der Waals surface area contributed by atoms with Gasteiger partial charge in [-0.25, -0.2) is 0 Å². The zero-order valence-electron chi connectivity index (χ0n) is 17.1. The molecule has 0 aromatic rings. The topological polar surface area (TPSA) is 0 Å². The molecule has 0 bridgehead atoms. The van der Waals surface area contributed by atoms with Crippen LogP contribution < -0.4 is 0 Å². The van der Waals surface area contributed by atoms with Crippen molar-refractivity contribution in [1.82, 2.24) is 0 Å². The van der Waals surface area contributed by atoms with Crippen molar-refractivity contribution in [2.75, 3.05) is 0 Å². The second-order valence-electron chi connectivity index (χ2n) is 7.93. The minimum atomic E-state index is -0.462. The summed E-state index contributed by atoms with van der Waals surface area (Å²) in [5, 5.41) is 0. The standard InChI is InChI=1S/C22H47FSi/c1-2-3-4-5-6-7-8-9-10-11-12-13-14-15-16-17-18-19-20-21-22(23)24/h22H,2-21H2,1,24H3. The average Bonchev–Trinajstić information content (AvgIpc) is 2.56. The zero-order chi connectivity index (χ0) is 17.7. The fourth-order valence-corrected chi connectivity index (χ4v) is 3.91. The van der Waals surface area contributed by atoms with Crippen molar-refractivity contribution in [3.8, 4) is 0 Å². The van der Waals surface area contributed by atoms with Crippen molar-refractivity contribution < 1.29 is 4.39 Å². The molecule has 0 aliphatic rings. The highest BCUT2D eigenvalue weighted by Crippen LogP contribution is 2.15. The summed E-state index contributed by atoms with van der Waals surface area (Å²) in [6.07, 6.45) is 27.5. The quantitative estimate of drug-likeness (QED) is 0.156. The van der Waals surface area contributed by atoms with Gasteiger partial charge in [-0.2, -0.15) is 0 Å². The lowest BCUT2D eigenvalue weighted by atomic mass is 10.0. The van der Waals surface area contributed by atoms with Gasteiger partial charge in [-0.3, -0.25) is 4.39 Å². The van der Waals surface area contributed by atoms with Gasteiger partial charge < -0.3 is 0 Å². The molecule has 0 saturated carbocycles. The SMILES string of the molecule is CCCCCCCCCCCCCCCCCCCCCC(F)[SiH3]. The predicted molar refractivity (Wildman–Crippen MR) is 113 cm³/mol. The van der Waals surface area contributed by atoms with E-state index in [9.17, 15) is 4.39 Å². The highest BCUT2D eigenvalue weighted by molar-refractivity contribution is 6.10. The fourth-order valence-electron chi connectivity index (χ4n) is 3.50. The molecule has 0 N–H and O–H groups in total. The van der Waals surface area contributed by atoms with Crippen LogP contribution in [0.5, 0.6) is 0 Å². The van der Waals surface area contributed by atoms with Crippen LogP contribution in [-0.2, 0) is 0 Å². The van der Waals surface area contributed by atoms with E-state index in [0.717, 1.165) is 23.1 Å². The van der Waals surface area contributed by atoms with Crippen LogP contribution in [0.25, 0.3) is 0 Å². The van der Waals surface area contributed by atoms with Gasteiger partial charge >= 0.3 is 0 Å². The third-order valence-electron chi connectivity index (χ3n) is 5.21. The van der Waals surface area contributed by atoms with Crippen molar-refractivity contribution in [3.63, 3.8) is 0 Å². The Morgan fingerprint density at radius 1 is 0.500 bits per heavy atom. The molecule has 1 atom stereocenters. The van der Waals surface area contributed by atoms with Crippen LogP contribution in [0.3, 0.4) is 0 Å². The Morgan fingerprint density at radius 3 is 1.00 bits per heavy atom. The van der Waals surface area contributed by atoms with E-state index in [1.54, 1.807) is 0 Å². The number of hydrogen-bond acceptors (Lipinski definition) is 0. The highest BCUT2D eigenvalue weighted by atomic mass is 28.1. The van der Waals surface area contributed by atoms with Gasteiger partial charge in [0.1, 0.15) is 0 Å². The summed E-state index contributed by atoms with van der Waals surface area (Å²) in [6.45, 7) is 2.29. The second-order valence-corrected chi connectivity index (χ2v) is 9.19. The Morgan fingerprint density at radius 2 is 0.750 bits per heavy atom. The normalized spacial score (nSPS) is 12.8. The van der Waals surface area contributed by atoms with Crippen LogP contribution in [0.15, 0.2) is 0 Å². The first-order valence-corrected chi connectivity index (χ1v) is 12.6. The number of hydrogen-bond donors (Lipinski definition) is 0. The first-order chi connectivity index (χ1) is 11.8. The van der Waals surface area contributed by atoms with Crippen molar-refractivity contribution in [2.24, 2.45) is 0 Å². The van der Waals surface area contributed by atoms with Gasteiger partial charge in [-0.1, -0.05) is 129 Å². The zero-order valence-corrected chi connectivity index (χ0v) is 19.1. The maximum absolute atomic E-state index is 12.7. The molecular weight excluding hydrogens is 311 g/mol. The third kappa shape index (κ3) is 22.1. The van der Waals surface area contributed by atoms with E-state index in [1.807, 2.05) is 0 Å². The molecule has 0 aromatic heterocycles. The molecule has 24 heavy (non-hydrogen) atoms. The number of unbranched alkanes of at least 4 members (excludes halogenated alkanes) is 18. The van der Waals surface area contributed by atoms with Gasteiger partial charge in [0.2, 0.25) is 0 Å². The van der Waals surface area contributed by atoms with E-state index in [4.69, 9.17) is 0 Å². The maximum Gasteiger partial charge on any atom is 0.0797 e. The van der Waals surface area contributed by atoms with Crippen molar-refractivity contribution in [2.45, 2.75) is 141 Å². The minimum absolute atomic E-state index is 0.462. The molecule has 0 spiro atoms. The molecule has 0 amide bonds. The van der Waals surface area contributed by atoms with Gasteiger partial charge in [-0.15, -0.1) is 0 Å². The van der Waals surface area contributed by atoms with E-state index >= 15 is 0 Å². The maximum atomic E-state index is 12.7. The summed E-state index contributed by atoms with van der Waals surface area (Å²) in [5.41, 5.74) is 0. The highest BCUT2D eigenvalue weighted by Gasteiger charge is 1.98. The molecule has 146 valence electrons. The van der Waals surface area contributed by atoms with E-state index in [0.29, 0.717) is 0 Å². The van der Waals surface area contributed by atoms with Crippen molar-refractivity contribution in [3.05, 3.63) is 0 Å². The molecule has 1 unspecified atom stereocenters. The van der Waals surface area contributed by atoms with Crippen LogP contribution in [0.2, 0.25) is 0 Å². The Bertz CT molecular complexity index is 218. The molecule has 0 aliphatic carbocycles. The van der Waals surface area contributed by atoms with E-state index in [-0.39, 0.29) is 0 Å². The third-order valence-corrected chi connectivity index (χ3v) is 5.78. The molecule has 0 aliphatic heterocycles. The summed E-state index contributed by atoms with van der Waals surface area (Å²) < 4.78 is 12.7. The van der Waals surface area contributed by atoms with Crippen LogP contribution in [0, 0.1) is 0 Å². The predicted octanol–water partition coefficient (Wildman–Crippen LogP) is 7.47. The molecule has 0 aromatic carbocycles. The molecule has 0 nitrogen and oxygen atoms in total. The van der Waals surface area contributed by atoms with E-state index in [2.05, 4.69) is 6.92 Å². The lowest BCUT2D eigenvalue weighted by Gasteiger charge is -2.04. The molecule has 2 heteroatoms. The van der Waals surface area contributed by atoms with Crippen molar-refractivity contribution in [1.29, 1.82) is 0 Å². The summed E-state index contributed by atoms with van der Waals surface area (Å²) in [5.74, 6) is -0.462. The Balaban J connectivity index is 2.95. The average molecular weight is 359 g/mol. The Kier molecular flexibility index (Phi) is 21.3. The molecule has 0 saturated heterocycles. The fraction of sp³-hybridized carbons (Fsp3) is 1.00. The number of alkyl halides is 1. The van der Waals surface area contributed by atoms with Gasteiger partial charge in [0, 0.05) is 10.2 Å². The number of halogens is 1. The minimum Gasteiger partial charge on any atom is -0.253 e. The Labute approximate surface area is 156 Å². The van der Waals surface area contributed by atoms with Crippen LogP contribution in [0.4, 0.5) is 4.39 Å². The molecule has 0 rings (SSSR count). The van der Waals surface area contributed by atoms with Gasteiger partial charge in [0.25, 0.3) is 0 Å².